The van der Waals surface area contributed by atoms with Crippen LogP contribution in [0.5, 0.6) is 0 Å². The van der Waals surface area contributed by atoms with E-state index in [1.807, 2.05) is 21.8 Å². The molecule has 8 heteroatoms. The van der Waals surface area contributed by atoms with Gasteiger partial charge in [0.15, 0.2) is 0 Å². The minimum Gasteiger partial charge on any atom is -0.369 e. The number of hydrogen-bond acceptors (Lipinski definition) is 5. The van der Waals surface area contributed by atoms with Gasteiger partial charge in [-0.2, -0.15) is 0 Å². The number of benzene rings is 2. The molecule has 1 aromatic heterocycles. The number of nitrogens with two attached hydrogens (primary N) is 1. The third-order valence-corrected chi connectivity index (χ3v) is 8.63. The number of hydrogen-bond donors (Lipinski definition) is 1. The van der Waals surface area contributed by atoms with Gasteiger partial charge in [0.25, 0.3) is 0 Å². The lowest BCUT2D eigenvalue weighted by Gasteiger charge is -2.50. The predicted molar refractivity (Wildman–Crippen MR) is 141 cm³/mol. The second-order valence-corrected chi connectivity index (χ2v) is 10.8. The van der Waals surface area contributed by atoms with Crippen LogP contribution in [0.2, 0.25) is 0 Å². The van der Waals surface area contributed by atoms with E-state index >= 15 is 0 Å². The number of carbonyl (C=O) groups excluding carboxylic acids is 2. The second-order valence-electron chi connectivity index (χ2n) is 10.8. The number of rotatable bonds is 6. The zero-order valence-electron chi connectivity index (χ0n) is 21.1. The summed E-state index contributed by atoms with van der Waals surface area (Å²) >= 11 is 0. The van der Waals surface area contributed by atoms with Crippen LogP contribution >= 0.6 is 0 Å². The zero-order chi connectivity index (χ0) is 25.4. The molecule has 37 heavy (non-hydrogen) atoms. The highest BCUT2D eigenvalue weighted by Gasteiger charge is 2.45. The van der Waals surface area contributed by atoms with Crippen molar-refractivity contribution in [2.24, 2.45) is 23.5 Å². The van der Waals surface area contributed by atoms with Gasteiger partial charge in [0, 0.05) is 37.2 Å². The fraction of sp³-hybridized carbons (Fsp3) is 0.448. The van der Waals surface area contributed by atoms with Gasteiger partial charge < -0.3 is 10.6 Å². The molecule has 0 spiro atoms. The van der Waals surface area contributed by atoms with Crippen LogP contribution < -0.4 is 5.73 Å². The van der Waals surface area contributed by atoms with E-state index in [9.17, 15) is 9.59 Å². The van der Waals surface area contributed by atoms with Crippen LogP contribution in [0, 0.1) is 17.8 Å². The molecule has 0 radical (unpaired) electrons. The Bertz CT molecular complexity index is 1250. The van der Waals surface area contributed by atoms with Gasteiger partial charge in [0.1, 0.15) is 5.69 Å². The molecule has 8 nitrogen and oxygen atoms in total. The molecule has 5 heterocycles. The standard InChI is InChI=1S/C29H34N6O2/c30-28(36)23-10-13-33(14-11-23)29(37)26-18-34-15-12-24(26)16-25(34)17-35-19-27(31-32-35)22-8-6-21(7-9-22)20-4-2-1-3-5-20/h1-9,19,23-26H,10-18H2,(H2,30,36)/t24-,25+,26-/m0/s1. The fourth-order valence-corrected chi connectivity index (χ4v) is 6.43. The maximum absolute atomic E-state index is 13.3. The molecule has 1 unspecified atom stereocenters. The summed E-state index contributed by atoms with van der Waals surface area (Å²) in [4.78, 5) is 29.2. The van der Waals surface area contributed by atoms with E-state index in [4.69, 9.17) is 5.73 Å². The lowest BCUT2D eigenvalue weighted by molar-refractivity contribution is -0.146. The number of fused-ring (bicyclic) bond motifs is 3. The Morgan fingerprint density at radius 3 is 2.27 bits per heavy atom. The summed E-state index contributed by atoms with van der Waals surface area (Å²) < 4.78 is 1.96. The Morgan fingerprint density at radius 2 is 1.59 bits per heavy atom. The molecule has 4 aliphatic rings. The van der Waals surface area contributed by atoms with Crippen LogP contribution in [0.4, 0.5) is 0 Å². The Hall–Kier alpha value is -3.52. The summed E-state index contributed by atoms with van der Waals surface area (Å²) in [5.41, 5.74) is 9.78. The predicted octanol–water partition coefficient (Wildman–Crippen LogP) is 3.05. The minimum atomic E-state index is -0.238. The van der Waals surface area contributed by atoms with Crippen molar-refractivity contribution in [2.45, 2.75) is 38.3 Å². The molecule has 3 aromatic rings. The van der Waals surface area contributed by atoms with Crippen molar-refractivity contribution in [3.8, 4) is 22.4 Å². The third kappa shape index (κ3) is 4.90. The lowest BCUT2D eigenvalue weighted by Crippen LogP contribution is -2.59. The van der Waals surface area contributed by atoms with E-state index in [2.05, 4.69) is 63.7 Å². The van der Waals surface area contributed by atoms with Crippen LogP contribution in [0.25, 0.3) is 22.4 Å². The van der Waals surface area contributed by atoms with Crippen molar-refractivity contribution in [3.63, 3.8) is 0 Å². The van der Waals surface area contributed by atoms with E-state index in [0.717, 1.165) is 43.7 Å². The Balaban J connectivity index is 1.06. The molecule has 4 saturated heterocycles. The quantitative estimate of drug-likeness (QED) is 0.563. The fourth-order valence-electron chi connectivity index (χ4n) is 6.43. The van der Waals surface area contributed by atoms with Crippen molar-refractivity contribution in [1.29, 1.82) is 0 Å². The van der Waals surface area contributed by atoms with Crippen molar-refractivity contribution < 1.29 is 9.59 Å². The van der Waals surface area contributed by atoms with Gasteiger partial charge in [-0.05, 0) is 49.3 Å². The molecule has 4 fully saturated rings. The Labute approximate surface area is 217 Å². The van der Waals surface area contributed by atoms with Gasteiger partial charge in [-0.1, -0.05) is 59.8 Å². The zero-order valence-corrected chi connectivity index (χ0v) is 21.1. The first-order chi connectivity index (χ1) is 18.0. The largest absolute Gasteiger partial charge is 0.369 e. The van der Waals surface area contributed by atoms with Crippen LogP contribution in [-0.2, 0) is 16.1 Å². The highest BCUT2D eigenvalue weighted by molar-refractivity contribution is 5.81. The van der Waals surface area contributed by atoms with Crippen LogP contribution in [0.15, 0.2) is 60.8 Å². The first-order valence-corrected chi connectivity index (χ1v) is 13.4. The lowest BCUT2D eigenvalue weighted by atomic mass is 9.74. The maximum Gasteiger partial charge on any atom is 0.227 e. The maximum atomic E-state index is 13.3. The van der Waals surface area contributed by atoms with Crippen molar-refractivity contribution in [3.05, 3.63) is 60.8 Å². The second kappa shape index (κ2) is 10.1. The number of carbonyl (C=O) groups is 2. The number of aromatic nitrogens is 3. The van der Waals surface area contributed by atoms with Crippen molar-refractivity contribution in [2.75, 3.05) is 26.2 Å². The molecule has 2 amide bonds. The summed E-state index contributed by atoms with van der Waals surface area (Å²) in [6.45, 7) is 3.93. The van der Waals surface area contributed by atoms with Gasteiger partial charge >= 0.3 is 0 Å². The molecule has 0 saturated carbocycles. The Kier molecular flexibility index (Phi) is 6.50. The van der Waals surface area contributed by atoms with Crippen LogP contribution in [-0.4, -0.2) is 68.8 Å². The summed E-state index contributed by atoms with van der Waals surface area (Å²) in [6.07, 6.45) is 5.49. The van der Waals surface area contributed by atoms with Crippen molar-refractivity contribution in [1.82, 2.24) is 24.8 Å². The summed E-state index contributed by atoms with van der Waals surface area (Å²) in [7, 11) is 0. The monoisotopic (exact) mass is 498 g/mol. The smallest absolute Gasteiger partial charge is 0.227 e. The molecule has 192 valence electrons. The van der Waals surface area contributed by atoms with Gasteiger partial charge in [-0.3, -0.25) is 19.2 Å². The van der Waals surface area contributed by atoms with Crippen LogP contribution in [0.3, 0.4) is 0 Å². The van der Waals surface area contributed by atoms with E-state index in [-0.39, 0.29) is 23.7 Å². The first kappa shape index (κ1) is 23.9. The number of primary amides is 1. The highest BCUT2D eigenvalue weighted by atomic mass is 16.2. The van der Waals surface area contributed by atoms with Crippen molar-refractivity contribution >= 4 is 11.8 Å². The summed E-state index contributed by atoms with van der Waals surface area (Å²) in [5.74, 6) is 0.403. The normalized spacial score (nSPS) is 25.8. The Morgan fingerprint density at radius 1 is 0.892 bits per heavy atom. The van der Waals surface area contributed by atoms with E-state index in [1.165, 1.54) is 11.1 Å². The minimum absolute atomic E-state index is 0.0598. The molecule has 2 N–H and O–H groups in total. The first-order valence-electron chi connectivity index (χ1n) is 13.4. The third-order valence-electron chi connectivity index (χ3n) is 8.63. The molecule has 7 rings (SSSR count). The summed E-state index contributed by atoms with van der Waals surface area (Å²) in [5, 5.41) is 8.87. The molecule has 0 aliphatic carbocycles. The van der Waals surface area contributed by atoms with E-state index < -0.39 is 0 Å². The molecular weight excluding hydrogens is 464 g/mol. The van der Waals surface area contributed by atoms with Gasteiger partial charge in [0.05, 0.1) is 18.7 Å². The SMILES string of the molecule is NC(=O)C1CCN(C(=O)[C@H]2CN3CC[C@H]2C[C@@H]3Cn2cc(-c3ccc(-c4ccccc4)cc3)nn2)CC1. The average Bonchev–Trinajstić information content (AvgIpc) is 3.42. The number of likely N-dealkylation sites (tertiary alicyclic amines) is 1. The van der Waals surface area contributed by atoms with E-state index in [0.29, 0.717) is 37.9 Å². The molecule has 2 bridgehead atoms. The molecule has 4 atom stereocenters. The highest BCUT2D eigenvalue weighted by Crippen LogP contribution is 2.38. The van der Waals surface area contributed by atoms with Gasteiger partial charge in [0.2, 0.25) is 11.8 Å². The topological polar surface area (TPSA) is 97.3 Å². The van der Waals surface area contributed by atoms with Gasteiger partial charge in [-0.25, -0.2) is 0 Å². The number of piperidine rings is 4. The molecular formula is C29H34N6O2. The number of nitrogens with zero attached hydrogens (tertiary/aromatic N) is 5. The van der Waals surface area contributed by atoms with Crippen LogP contribution in [0.1, 0.15) is 25.7 Å². The molecule has 4 aliphatic heterocycles. The molecule has 2 aromatic carbocycles. The average molecular weight is 499 g/mol. The summed E-state index contributed by atoms with van der Waals surface area (Å²) in [6, 6.07) is 19.2. The number of amides is 2. The van der Waals surface area contributed by atoms with Gasteiger partial charge in [-0.15, -0.1) is 5.10 Å². The van der Waals surface area contributed by atoms with E-state index in [1.54, 1.807) is 0 Å².